The van der Waals surface area contributed by atoms with Crippen molar-refractivity contribution >= 4 is 27.6 Å². The van der Waals surface area contributed by atoms with E-state index in [1.165, 1.54) is 29.6 Å². The number of hydrogen-bond acceptors (Lipinski definition) is 6. The quantitative estimate of drug-likeness (QED) is 0.379. The molecule has 192 valence electrons. The van der Waals surface area contributed by atoms with Crippen LogP contribution in [0.5, 0.6) is 11.5 Å². The average Bonchev–Trinajstić information content (AvgIpc) is 3.25. The molecule has 0 saturated heterocycles. The van der Waals surface area contributed by atoms with Gasteiger partial charge in [-0.25, -0.2) is 17.2 Å². The van der Waals surface area contributed by atoms with Crippen molar-refractivity contribution in [3.8, 4) is 11.5 Å². The van der Waals surface area contributed by atoms with Gasteiger partial charge >= 0.3 is 5.97 Å². The minimum absolute atomic E-state index is 0.0250. The number of aromatic nitrogens is 2. The lowest BCUT2D eigenvalue weighted by molar-refractivity contribution is -0.144. The molecule has 0 N–H and O–H groups in total. The first kappa shape index (κ1) is 26.1. The second-order valence-electron chi connectivity index (χ2n) is 8.21. The third-order valence-electron chi connectivity index (χ3n) is 5.95. The molecule has 2 aromatic carbocycles. The molecule has 0 radical (unpaired) electrons. The van der Waals surface area contributed by atoms with E-state index in [0.717, 1.165) is 29.5 Å². The van der Waals surface area contributed by atoms with Gasteiger partial charge in [0.25, 0.3) is 0 Å². The number of halogens is 3. The van der Waals surface area contributed by atoms with Crippen LogP contribution in [0.3, 0.4) is 0 Å². The van der Waals surface area contributed by atoms with E-state index in [-0.39, 0.29) is 34.6 Å². The van der Waals surface area contributed by atoms with E-state index in [1.807, 2.05) is 0 Å². The van der Waals surface area contributed by atoms with Crippen molar-refractivity contribution in [3.63, 3.8) is 0 Å². The van der Waals surface area contributed by atoms with Gasteiger partial charge in [0.15, 0.2) is 11.6 Å². The molecule has 0 amide bonds. The molecule has 0 fully saturated rings. The molecule has 3 aromatic rings. The van der Waals surface area contributed by atoms with Crippen LogP contribution in [0.4, 0.5) is 8.78 Å². The molecule has 1 aliphatic rings. The maximum absolute atomic E-state index is 13.9. The summed E-state index contributed by atoms with van der Waals surface area (Å²) < 4.78 is 67.4. The first-order chi connectivity index (χ1) is 17.1. The SMILES string of the molecule is CCOC(=O)Cn1ncc2c1CCC[C@H]2N(C)S(=O)(=O)c1ccc(Oc2cc(F)ccc2F)c(Cl)c1. The molecule has 1 aromatic heterocycles. The Balaban J connectivity index is 1.57. The number of nitrogens with zero attached hydrogens (tertiary/aromatic N) is 3. The van der Waals surface area contributed by atoms with E-state index >= 15 is 0 Å². The van der Waals surface area contributed by atoms with Crippen LogP contribution in [0.2, 0.25) is 5.02 Å². The summed E-state index contributed by atoms with van der Waals surface area (Å²) in [6.45, 7) is 1.93. The second kappa shape index (κ2) is 10.5. The fourth-order valence-electron chi connectivity index (χ4n) is 4.17. The molecule has 4 rings (SSSR count). The van der Waals surface area contributed by atoms with Gasteiger partial charge in [0.2, 0.25) is 10.0 Å². The summed E-state index contributed by atoms with van der Waals surface area (Å²) in [4.78, 5) is 11.8. The Morgan fingerprint density at radius 3 is 2.72 bits per heavy atom. The Kier molecular flexibility index (Phi) is 7.62. The zero-order valence-corrected chi connectivity index (χ0v) is 21.2. The largest absolute Gasteiger partial charge is 0.465 e. The summed E-state index contributed by atoms with van der Waals surface area (Å²) in [5, 5.41) is 4.20. The van der Waals surface area contributed by atoms with Gasteiger partial charge in [0.05, 0.1) is 28.8 Å². The van der Waals surface area contributed by atoms with Crippen LogP contribution in [0.1, 0.15) is 37.1 Å². The monoisotopic (exact) mass is 539 g/mol. The summed E-state index contributed by atoms with van der Waals surface area (Å²) in [6, 6.07) is 6.02. The second-order valence-corrected chi connectivity index (χ2v) is 10.6. The standard InChI is InChI=1S/C24H24ClF2N3O5S/c1-3-34-24(31)14-30-21-6-4-5-20(17(21)13-28-30)29(2)36(32,33)16-8-10-22(18(25)12-16)35-23-11-15(26)7-9-19(23)27/h7-13,20H,3-6,14H2,1-2H3/t20-/m1/s1. The zero-order chi connectivity index (χ0) is 26.0. The Morgan fingerprint density at radius 1 is 1.22 bits per heavy atom. The maximum atomic E-state index is 13.9. The molecule has 8 nitrogen and oxygen atoms in total. The van der Waals surface area contributed by atoms with E-state index in [1.54, 1.807) is 17.8 Å². The number of hydrogen-bond donors (Lipinski definition) is 0. The molecule has 0 aliphatic heterocycles. The van der Waals surface area contributed by atoms with E-state index < -0.39 is 33.7 Å². The van der Waals surface area contributed by atoms with Crippen molar-refractivity contribution in [1.29, 1.82) is 0 Å². The lowest BCUT2D eigenvalue weighted by Gasteiger charge is -2.31. The van der Waals surface area contributed by atoms with Crippen LogP contribution < -0.4 is 4.74 Å². The van der Waals surface area contributed by atoms with Crippen LogP contribution in [-0.4, -0.2) is 42.1 Å². The minimum atomic E-state index is -4.00. The van der Waals surface area contributed by atoms with Gasteiger partial charge in [0, 0.05) is 24.4 Å². The number of fused-ring (bicyclic) bond motifs is 1. The zero-order valence-electron chi connectivity index (χ0n) is 19.6. The first-order valence-electron chi connectivity index (χ1n) is 11.2. The van der Waals surface area contributed by atoms with Crippen molar-refractivity contribution in [1.82, 2.24) is 14.1 Å². The molecule has 0 bridgehead atoms. The van der Waals surface area contributed by atoms with Crippen LogP contribution in [-0.2, 0) is 32.5 Å². The molecule has 1 heterocycles. The van der Waals surface area contributed by atoms with Gasteiger partial charge in [-0.2, -0.15) is 9.40 Å². The smallest absolute Gasteiger partial charge is 0.327 e. The number of sulfonamides is 1. The molecule has 0 spiro atoms. The molecule has 12 heteroatoms. The summed E-state index contributed by atoms with van der Waals surface area (Å²) in [6.07, 6.45) is 3.52. The number of benzene rings is 2. The van der Waals surface area contributed by atoms with Gasteiger partial charge < -0.3 is 9.47 Å². The molecular weight excluding hydrogens is 516 g/mol. The average molecular weight is 540 g/mol. The van der Waals surface area contributed by atoms with Crippen molar-refractivity contribution < 1.29 is 31.5 Å². The van der Waals surface area contributed by atoms with E-state index in [2.05, 4.69) is 5.10 Å². The number of rotatable bonds is 8. The van der Waals surface area contributed by atoms with Crippen LogP contribution in [0, 0.1) is 11.6 Å². The van der Waals surface area contributed by atoms with Gasteiger partial charge in [0.1, 0.15) is 18.1 Å². The summed E-state index contributed by atoms with van der Waals surface area (Å²) in [7, 11) is -2.53. The van der Waals surface area contributed by atoms with Crippen molar-refractivity contribution in [2.75, 3.05) is 13.7 Å². The molecule has 1 atom stereocenters. The lowest BCUT2D eigenvalue weighted by atomic mass is 9.93. The molecule has 36 heavy (non-hydrogen) atoms. The number of carbonyl (C=O) groups excluding carboxylic acids is 1. The number of carbonyl (C=O) groups is 1. The maximum Gasteiger partial charge on any atom is 0.327 e. The van der Waals surface area contributed by atoms with E-state index in [9.17, 15) is 22.0 Å². The Labute approximate surface area is 212 Å². The topological polar surface area (TPSA) is 90.7 Å². The predicted octanol–water partition coefficient (Wildman–Crippen LogP) is 4.87. The fourth-order valence-corrected chi connectivity index (χ4v) is 5.85. The lowest BCUT2D eigenvalue weighted by Crippen LogP contribution is -2.33. The van der Waals surface area contributed by atoms with Crippen molar-refractivity contribution in [2.24, 2.45) is 0 Å². The normalized spacial score (nSPS) is 15.6. The first-order valence-corrected chi connectivity index (χ1v) is 13.0. The van der Waals surface area contributed by atoms with Crippen LogP contribution in [0.15, 0.2) is 47.5 Å². The molecule has 0 unspecified atom stereocenters. The number of ether oxygens (including phenoxy) is 2. The fraction of sp³-hybridized carbons (Fsp3) is 0.333. The predicted molar refractivity (Wildman–Crippen MR) is 127 cm³/mol. The van der Waals surface area contributed by atoms with Crippen LogP contribution in [0.25, 0.3) is 0 Å². The van der Waals surface area contributed by atoms with Crippen molar-refractivity contribution in [3.05, 3.63) is 70.5 Å². The number of esters is 1. The highest BCUT2D eigenvalue weighted by Crippen LogP contribution is 2.38. The molecule has 1 aliphatic carbocycles. The summed E-state index contributed by atoms with van der Waals surface area (Å²) in [5.74, 6) is -2.30. The molecular formula is C24H24ClF2N3O5S. The van der Waals surface area contributed by atoms with Crippen LogP contribution >= 0.6 is 11.6 Å². The molecule has 0 saturated carbocycles. The highest BCUT2D eigenvalue weighted by Gasteiger charge is 2.34. The Hall–Kier alpha value is -3.02. The summed E-state index contributed by atoms with van der Waals surface area (Å²) in [5.41, 5.74) is 1.52. The minimum Gasteiger partial charge on any atom is -0.465 e. The van der Waals surface area contributed by atoms with Gasteiger partial charge in [-0.1, -0.05) is 11.6 Å². The highest BCUT2D eigenvalue weighted by molar-refractivity contribution is 7.89. The van der Waals surface area contributed by atoms with E-state index in [0.29, 0.717) is 19.3 Å². The summed E-state index contributed by atoms with van der Waals surface area (Å²) >= 11 is 6.25. The van der Waals surface area contributed by atoms with Gasteiger partial charge in [-0.05, 0) is 56.5 Å². The van der Waals surface area contributed by atoms with Crippen molar-refractivity contribution in [2.45, 2.75) is 43.7 Å². The van der Waals surface area contributed by atoms with Gasteiger partial charge in [-0.3, -0.25) is 9.48 Å². The van der Waals surface area contributed by atoms with Gasteiger partial charge in [-0.15, -0.1) is 0 Å². The Morgan fingerprint density at radius 2 is 2.00 bits per heavy atom. The van der Waals surface area contributed by atoms with E-state index in [4.69, 9.17) is 21.1 Å². The third-order valence-corrected chi connectivity index (χ3v) is 8.11. The highest BCUT2D eigenvalue weighted by atomic mass is 35.5. The Bertz CT molecular complexity index is 1400. The third kappa shape index (κ3) is 5.23.